The first-order valence-corrected chi connectivity index (χ1v) is 9.13. The molecule has 2 aromatic heterocycles. The van der Waals surface area contributed by atoms with Crippen LogP contribution in [0.1, 0.15) is 10.5 Å². The molecule has 0 N–H and O–H groups in total. The van der Waals surface area contributed by atoms with Crippen molar-refractivity contribution in [2.45, 2.75) is 4.21 Å². The standard InChI is InChI=1S/C13H16N4O3S2/c1-15-11(4-5-14-15)13(18)16-6-8-17(9-7-16)22(19,20)12-3-2-10-21-12/h2-5,10H,6-9H2,1H3. The monoisotopic (exact) mass is 340 g/mol. The molecule has 0 saturated carbocycles. The van der Waals surface area contributed by atoms with E-state index in [-0.39, 0.29) is 5.91 Å². The summed E-state index contributed by atoms with van der Waals surface area (Å²) in [6.07, 6.45) is 1.57. The number of nitrogens with zero attached hydrogens (tertiary/aromatic N) is 4. The molecule has 1 fully saturated rings. The molecular weight excluding hydrogens is 324 g/mol. The molecule has 1 aliphatic heterocycles. The average molecular weight is 340 g/mol. The Bertz CT molecular complexity index is 759. The van der Waals surface area contributed by atoms with Crippen molar-refractivity contribution in [3.63, 3.8) is 0 Å². The van der Waals surface area contributed by atoms with Gasteiger partial charge < -0.3 is 4.90 Å². The summed E-state index contributed by atoms with van der Waals surface area (Å²) in [4.78, 5) is 14.0. The van der Waals surface area contributed by atoms with Gasteiger partial charge in [0.15, 0.2) is 0 Å². The van der Waals surface area contributed by atoms with Crippen LogP contribution in [0.2, 0.25) is 0 Å². The smallest absolute Gasteiger partial charge is 0.272 e. The molecule has 118 valence electrons. The second-order valence-electron chi connectivity index (χ2n) is 4.97. The number of carbonyl (C=O) groups is 1. The van der Waals surface area contributed by atoms with Gasteiger partial charge in [0, 0.05) is 39.4 Å². The maximum absolute atomic E-state index is 12.4. The van der Waals surface area contributed by atoms with Gasteiger partial charge in [-0.1, -0.05) is 6.07 Å². The molecule has 1 aliphatic rings. The first-order valence-electron chi connectivity index (χ1n) is 6.81. The predicted molar refractivity (Wildman–Crippen MR) is 82.2 cm³/mol. The van der Waals surface area contributed by atoms with E-state index in [0.717, 1.165) is 0 Å². The fourth-order valence-corrected chi connectivity index (χ4v) is 4.98. The van der Waals surface area contributed by atoms with Crippen LogP contribution in [0.4, 0.5) is 0 Å². The highest BCUT2D eigenvalue weighted by Gasteiger charge is 2.31. The SMILES string of the molecule is Cn1nccc1C(=O)N1CCN(S(=O)(=O)c2cccs2)CC1. The summed E-state index contributed by atoms with van der Waals surface area (Å²) >= 11 is 1.21. The van der Waals surface area contributed by atoms with Crippen LogP contribution in [0.15, 0.2) is 34.0 Å². The minimum absolute atomic E-state index is 0.117. The quantitative estimate of drug-likeness (QED) is 0.821. The predicted octanol–water partition coefficient (Wildman–Crippen LogP) is 0.628. The number of thiophene rings is 1. The molecular formula is C13H16N4O3S2. The maximum atomic E-state index is 12.4. The minimum Gasteiger partial charge on any atom is -0.335 e. The molecule has 22 heavy (non-hydrogen) atoms. The van der Waals surface area contributed by atoms with Gasteiger partial charge in [-0.3, -0.25) is 9.48 Å². The van der Waals surface area contributed by atoms with Crippen LogP contribution in [0.5, 0.6) is 0 Å². The van der Waals surface area contributed by atoms with E-state index in [2.05, 4.69) is 5.10 Å². The van der Waals surface area contributed by atoms with Gasteiger partial charge in [0.05, 0.1) is 0 Å². The highest BCUT2D eigenvalue weighted by molar-refractivity contribution is 7.91. The highest BCUT2D eigenvalue weighted by Crippen LogP contribution is 2.22. The maximum Gasteiger partial charge on any atom is 0.272 e. The number of aryl methyl sites for hydroxylation is 1. The van der Waals surface area contributed by atoms with E-state index in [1.165, 1.54) is 20.3 Å². The van der Waals surface area contributed by atoms with Gasteiger partial charge in [0.25, 0.3) is 15.9 Å². The van der Waals surface area contributed by atoms with Crippen molar-refractivity contribution in [3.8, 4) is 0 Å². The second-order valence-corrected chi connectivity index (χ2v) is 8.08. The van der Waals surface area contributed by atoms with Gasteiger partial charge in [0.2, 0.25) is 0 Å². The Morgan fingerprint density at radius 2 is 1.95 bits per heavy atom. The van der Waals surface area contributed by atoms with Crippen LogP contribution < -0.4 is 0 Å². The first-order chi connectivity index (χ1) is 10.5. The fraction of sp³-hybridized carbons (Fsp3) is 0.385. The number of amides is 1. The van der Waals surface area contributed by atoms with Crippen molar-refractivity contribution < 1.29 is 13.2 Å². The topological polar surface area (TPSA) is 75.5 Å². The molecule has 3 heterocycles. The summed E-state index contributed by atoms with van der Waals surface area (Å²) in [5.74, 6) is -0.117. The van der Waals surface area contributed by atoms with Gasteiger partial charge in [0.1, 0.15) is 9.90 Å². The van der Waals surface area contributed by atoms with Gasteiger partial charge in [-0.05, 0) is 17.5 Å². The van der Waals surface area contributed by atoms with Crippen LogP contribution in [0.25, 0.3) is 0 Å². The third kappa shape index (κ3) is 2.67. The summed E-state index contributed by atoms with van der Waals surface area (Å²) in [7, 11) is -1.72. The van der Waals surface area contributed by atoms with Crippen molar-refractivity contribution in [1.82, 2.24) is 19.0 Å². The number of rotatable bonds is 3. The van der Waals surface area contributed by atoms with Crippen LogP contribution in [0.3, 0.4) is 0 Å². The Morgan fingerprint density at radius 3 is 2.50 bits per heavy atom. The van der Waals surface area contributed by atoms with E-state index >= 15 is 0 Å². The van der Waals surface area contributed by atoms with Crippen molar-refractivity contribution in [3.05, 3.63) is 35.5 Å². The first kappa shape index (κ1) is 15.2. The Labute approximate surface area is 132 Å². The molecule has 0 radical (unpaired) electrons. The molecule has 0 atom stereocenters. The van der Waals surface area contributed by atoms with E-state index in [4.69, 9.17) is 0 Å². The lowest BCUT2D eigenvalue weighted by molar-refractivity contribution is 0.0687. The lowest BCUT2D eigenvalue weighted by atomic mass is 10.3. The van der Waals surface area contributed by atoms with E-state index in [0.29, 0.717) is 36.1 Å². The molecule has 9 heteroatoms. The number of piperazine rings is 1. The largest absolute Gasteiger partial charge is 0.335 e. The summed E-state index contributed by atoms with van der Waals surface area (Å²) < 4.78 is 28.2. The Kier molecular flexibility index (Phi) is 4.02. The number of aromatic nitrogens is 2. The van der Waals surface area contributed by atoms with Crippen molar-refractivity contribution >= 4 is 27.3 Å². The molecule has 3 rings (SSSR count). The summed E-state index contributed by atoms with van der Waals surface area (Å²) in [6, 6.07) is 4.99. The van der Waals surface area contributed by atoms with Gasteiger partial charge in [-0.2, -0.15) is 9.40 Å². The number of hydrogen-bond acceptors (Lipinski definition) is 5. The molecule has 7 nitrogen and oxygen atoms in total. The zero-order valence-electron chi connectivity index (χ0n) is 12.0. The Morgan fingerprint density at radius 1 is 1.23 bits per heavy atom. The van der Waals surface area contributed by atoms with Gasteiger partial charge in [-0.15, -0.1) is 11.3 Å². The van der Waals surface area contributed by atoms with Crippen LogP contribution >= 0.6 is 11.3 Å². The van der Waals surface area contributed by atoms with E-state index < -0.39 is 10.0 Å². The second kappa shape index (κ2) is 5.82. The molecule has 0 aliphatic carbocycles. The number of sulfonamides is 1. The van der Waals surface area contributed by atoms with Crippen molar-refractivity contribution in [2.75, 3.05) is 26.2 Å². The summed E-state index contributed by atoms with van der Waals surface area (Å²) in [5, 5.41) is 5.73. The number of hydrogen-bond donors (Lipinski definition) is 0. The lowest BCUT2D eigenvalue weighted by Crippen LogP contribution is -2.50. The van der Waals surface area contributed by atoms with Crippen LogP contribution in [-0.4, -0.2) is 59.5 Å². The molecule has 0 spiro atoms. The van der Waals surface area contributed by atoms with E-state index in [1.54, 1.807) is 41.7 Å². The van der Waals surface area contributed by atoms with E-state index in [9.17, 15) is 13.2 Å². The summed E-state index contributed by atoms with van der Waals surface area (Å²) in [6.45, 7) is 1.39. The fourth-order valence-electron chi connectivity index (χ4n) is 2.41. The average Bonchev–Trinajstić information content (AvgIpc) is 3.18. The molecule has 0 unspecified atom stereocenters. The third-order valence-corrected chi connectivity index (χ3v) is 6.93. The minimum atomic E-state index is -3.43. The lowest BCUT2D eigenvalue weighted by Gasteiger charge is -2.33. The van der Waals surface area contributed by atoms with Crippen molar-refractivity contribution in [1.29, 1.82) is 0 Å². The molecule has 1 amide bonds. The van der Waals surface area contributed by atoms with Gasteiger partial charge >= 0.3 is 0 Å². The Hall–Kier alpha value is -1.71. The number of carbonyl (C=O) groups excluding carboxylic acids is 1. The van der Waals surface area contributed by atoms with Crippen LogP contribution in [0, 0.1) is 0 Å². The van der Waals surface area contributed by atoms with Crippen molar-refractivity contribution in [2.24, 2.45) is 7.05 Å². The Balaban J connectivity index is 1.68. The third-order valence-electron chi connectivity index (χ3n) is 3.66. The highest BCUT2D eigenvalue weighted by atomic mass is 32.2. The molecule has 1 saturated heterocycles. The molecule has 0 aromatic carbocycles. The summed E-state index contributed by atoms with van der Waals surface area (Å²) in [5.41, 5.74) is 0.509. The zero-order valence-corrected chi connectivity index (χ0v) is 13.7. The molecule has 2 aromatic rings. The zero-order chi connectivity index (χ0) is 15.7. The molecule has 0 bridgehead atoms. The van der Waals surface area contributed by atoms with E-state index in [1.807, 2.05) is 0 Å². The van der Waals surface area contributed by atoms with Gasteiger partial charge in [-0.25, -0.2) is 8.42 Å². The normalized spacial score (nSPS) is 16.9. The van der Waals surface area contributed by atoms with Crippen LogP contribution in [-0.2, 0) is 17.1 Å².